The highest BCUT2D eigenvalue weighted by Crippen LogP contribution is 2.22. The van der Waals surface area contributed by atoms with Gasteiger partial charge in [-0.25, -0.2) is 0 Å². The zero-order valence-corrected chi connectivity index (χ0v) is 15.2. The third kappa shape index (κ3) is 5.67. The number of thiophene rings is 1. The van der Waals surface area contributed by atoms with E-state index in [-0.39, 0.29) is 5.91 Å². The Labute approximate surface area is 157 Å². The quantitative estimate of drug-likeness (QED) is 0.586. The summed E-state index contributed by atoms with van der Waals surface area (Å²) in [7, 11) is 0. The Kier molecular flexibility index (Phi) is 6.73. The highest BCUT2D eigenvalue weighted by Gasteiger charge is 2.04. The fourth-order valence-electron chi connectivity index (χ4n) is 2.48. The number of hydrogen-bond donors (Lipinski definition) is 1. The minimum Gasteiger partial charge on any atom is -0.475 e. The van der Waals surface area contributed by atoms with Gasteiger partial charge < -0.3 is 10.1 Å². The van der Waals surface area contributed by atoms with E-state index in [1.165, 1.54) is 5.56 Å². The number of nitrogens with one attached hydrogen (secondary N) is 1. The first-order valence-electron chi connectivity index (χ1n) is 8.62. The lowest BCUT2D eigenvalue weighted by Gasteiger charge is -2.07. The SMILES string of the molecule is O=C(CCCc1ccccc1)NCCOc1ccc(-c2cccs2)nn1. The molecule has 2 aromatic heterocycles. The normalized spacial score (nSPS) is 10.5. The molecule has 0 fully saturated rings. The summed E-state index contributed by atoms with van der Waals surface area (Å²) in [6.07, 6.45) is 2.27. The van der Waals surface area contributed by atoms with Gasteiger partial charge in [-0.1, -0.05) is 36.4 Å². The molecule has 134 valence electrons. The van der Waals surface area contributed by atoms with Crippen molar-refractivity contribution in [3.8, 4) is 16.5 Å². The van der Waals surface area contributed by atoms with Gasteiger partial charge in [-0.2, -0.15) is 0 Å². The van der Waals surface area contributed by atoms with E-state index in [9.17, 15) is 4.79 Å². The molecular formula is C20H21N3O2S. The fraction of sp³-hybridized carbons (Fsp3) is 0.250. The summed E-state index contributed by atoms with van der Waals surface area (Å²) in [5, 5.41) is 13.1. The van der Waals surface area contributed by atoms with Gasteiger partial charge in [-0.3, -0.25) is 4.79 Å². The minimum absolute atomic E-state index is 0.0451. The predicted molar refractivity (Wildman–Crippen MR) is 103 cm³/mol. The van der Waals surface area contributed by atoms with E-state index in [2.05, 4.69) is 27.6 Å². The Bertz CT molecular complexity index is 790. The molecule has 0 bridgehead atoms. The van der Waals surface area contributed by atoms with Gasteiger partial charge in [-0.15, -0.1) is 21.5 Å². The van der Waals surface area contributed by atoms with E-state index in [1.54, 1.807) is 17.4 Å². The number of hydrogen-bond acceptors (Lipinski definition) is 5. The largest absolute Gasteiger partial charge is 0.475 e. The van der Waals surface area contributed by atoms with Crippen LogP contribution in [0.5, 0.6) is 5.88 Å². The molecule has 0 spiro atoms. The van der Waals surface area contributed by atoms with Crippen molar-refractivity contribution in [1.82, 2.24) is 15.5 Å². The summed E-state index contributed by atoms with van der Waals surface area (Å²) < 4.78 is 5.52. The van der Waals surface area contributed by atoms with Crippen molar-refractivity contribution < 1.29 is 9.53 Å². The molecule has 6 heteroatoms. The molecule has 0 atom stereocenters. The Balaban J connectivity index is 1.30. The summed E-state index contributed by atoms with van der Waals surface area (Å²) in [4.78, 5) is 12.9. The summed E-state index contributed by atoms with van der Waals surface area (Å²) in [6.45, 7) is 0.829. The minimum atomic E-state index is 0.0451. The zero-order valence-electron chi connectivity index (χ0n) is 14.4. The summed E-state index contributed by atoms with van der Waals surface area (Å²) >= 11 is 1.62. The van der Waals surface area contributed by atoms with E-state index in [1.807, 2.05) is 41.8 Å². The Morgan fingerprint density at radius 2 is 1.92 bits per heavy atom. The van der Waals surface area contributed by atoms with E-state index >= 15 is 0 Å². The fourth-order valence-corrected chi connectivity index (χ4v) is 3.18. The van der Waals surface area contributed by atoms with Gasteiger partial charge in [0.2, 0.25) is 11.8 Å². The average molecular weight is 367 g/mol. The van der Waals surface area contributed by atoms with Crippen molar-refractivity contribution in [3.63, 3.8) is 0 Å². The van der Waals surface area contributed by atoms with Crippen LogP contribution in [-0.2, 0) is 11.2 Å². The van der Waals surface area contributed by atoms with Gasteiger partial charge in [0.15, 0.2) is 0 Å². The molecule has 3 rings (SSSR count). The second kappa shape index (κ2) is 9.68. The average Bonchev–Trinajstić information content (AvgIpc) is 3.21. The molecule has 5 nitrogen and oxygen atoms in total. The van der Waals surface area contributed by atoms with Gasteiger partial charge in [-0.05, 0) is 35.9 Å². The number of carbonyl (C=O) groups excluding carboxylic acids is 1. The maximum atomic E-state index is 11.8. The number of carbonyl (C=O) groups is 1. The third-order valence-electron chi connectivity index (χ3n) is 3.80. The van der Waals surface area contributed by atoms with Crippen LogP contribution >= 0.6 is 11.3 Å². The topological polar surface area (TPSA) is 64.1 Å². The van der Waals surface area contributed by atoms with Crippen LogP contribution in [0.3, 0.4) is 0 Å². The van der Waals surface area contributed by atoms with Gasteiger partial charge in [0.25, 0.3) is 0 Å². The maximum Gasteiger partial charge on any atom is 0.233 e. The van der Waals surface area contributed by atoms with Crippen LogP contribution < -0.4 is 10.1 Å². The van der Waals surface area contributed by atoms with Crippen LogP contribution in [-0.4, -0.2) is 29.3 Å². The van der Waals surface area contributed by atoms with E-state index in [0.717, 1.165) is 23.4 Å². The van der Waals surface area contributed by atoms with Gasteiger partial charge in [0, 0.05) is 12.5 Å². The molecule has 0 aliphatic rings. The highest BCUT2D eigenvalue weighted by molar-refractivity contribution is 7.13. The van der Waals surface area contributed by atoms with Crippen LogP contribution in [0.2, 0.25) is 0 Å². The van der Waals surface area contributed by atoms with Crippen LogP contribution in [0.15, 0.2) is 60.0 Å². The summed E-state index contributed by atoms with van der Waals surface area (Å²) in [5.41, 5.74) is 2.09. The van der Waals surface area contributed by atoms with E-state index < -0.39 is 0 Å². The first kappa shape index (κ1) is 18.1. The molecule has 1 N–H and O–H groups in total. The van der Waals surface area contributed by atoms with Crippen molar-refractivity contribution in [2.45, 2.75) is 19.3 Å². The number of aromatic nitrogens is 2. The first-order chi connectivity index (χ1) is 12.8. The number of aryl methyl sites for hydroxylation is 1. The van der Waals surface area contributed by atoms with E-state index in [0.29, 0.717) is 25.5 Å². The van der Waals surface area contributed by atoms with Crippen LogP contribution in [0.4, 0.5) is 0 Å². The van der Waals surface area contributed by atoms with Crippen LogP contribution in [0.25, 0.3) is 10.6 Å². The molecule has 0 aliphatic heterocycles. The molecule has 0 aliphatic carbocycles. The molecular weight excluding hydrogens is 346 g/mol. The van der Waals surface area contributed by atoms with Crippen molar-refractivity contribution in [2.75, 3.05) is 13.2 Å². The van der Waals surface area contributed by atoms with Crippen LogP contribution in [0, 0.1) is 0 Å². The monoisotopic (exact) mass is 367 g/mol. The van der Waals surface area contributed by atoms with Crippen molar-refractivity contribution >= 4 is 17.2 Å². The molecule has 26 heavy (non-hydrogen) atoms. The molecule has 0 radical (unpaired) electrons. The smallest absolute Gasteiger partial charge is 0.233 e. The van der Waals surface area contributed by atoms with E-state index in [4.69, 9.17) is 4.74 Å². The number of benzene rings is 1. The Hall–Kier alpha value is -2.73. The molecule has 2 heterocycles. The van der Waals surface area contributed by atoms with Crippen molar-refractivity contribution in [3.05, 3.63) is 65.5 Å². The summed E-state index contributed by atoms with van der Waals surface area (Å²) in [6, 6.07) is 17.9. The lowest BCUT2D eigenvalue weighted by molar-refractivity contribution is -0.121. The van der Waals surface area contributed by atoms with Crippen molar-refractivity contribution in [2.24, 2.45) is 0 Å². The van der Waals surface area contributed by atoms with Gasteiger partial charge >= 0.3 is 0 Å². The number of rotatable bonds is 9. The lowest BCUT2D eigenvalue weighted by atomic mass is 10.1. The second-order valence-corrected chi connectivity index (χ2v) is 6.72. The molecule has 1 amide bonds. The third-order valence-corrected chi connectivity index (χ3v) is 4.69. The molecule has 1 aromatic carbocycles. The first-order valence-corrected chi connectivity index (χ1v) is 9.50. The second-order valence-electron chi connectivity index (χ2n) is 5.77. The highest BCUT2D eigenvalue weighted by atomic mass is 32.1. The Morgan fingerprint density at radius 3 is 2.65 bits per heavy atom. The Morgan fingerprint density at radius 1 is 1.04 bits per heavy atom. The van der Waals surface area contributed by atoms with Crippen LogP contribution in [0.1, 0.15) is 18.4 Å². The molecule has 0 saturated heterocycles. The molecule has 3 aromatic rings. The zero-order chi connectivity index (χ0) is 18.0. The van der Waals surface area contributed by atoms with Crippen molar-refractivity contribution in [1.29, 1.82) is 0 Å². The van der Waals surface area contributed by atoms with Gasteiger partial charge in [0.1, 0.15) is 12.3 Å². The maximum absolute atomic E-state index is 11.8. The number of ether oxygens (including phenoxy) is 1. The number of nitrogens with zero attached hydrogens (tertiary/aromatic N) is 2. The number of amides is 1. The molecule has 0 unspecified atom stereocenters. The summed E-state index contributed by atoms with van der Waals surface area (Å²) in [5.74, 6) is 0.507. The van der Waals surface area contributed by atoms with Gasteiger partial charge in [0.05, 0.1) is 11.4 Å². The standard InChI is InChI=1S/C20H21N3O2S/c24-19(10-4-8-16-6-2-1-3-7-16)21-13-14-25-20-12-11-17(22-23-20)18-9-5-15-26-18/h1-3,5-7,9,11-12,15H,4,8,10,13-14H2,(H,21,24). The molecule has 0 saturated carbocycles. The lowest BCUT2D eigenvalue weighted by Crippen LogP contribution is -2.28. The predicted octanol–water partition coefficient (Wildman–Crippen LogP) is 3.72.